The number of carboxylic acids is 1. The molecule has 1 atom stereocenters. The molecule has 9 heteroatoms. The van der Waals surface area contributed by atoms with E-state index in [4.69, 9.17) is 10.8 Å². The quantitative estimate of drug-likeness (QED) is 0.713. The third-order valence-corrected chi connectivity index (χ3v) is 2.52. The van der Waals surface area contributed by atoms with Crippen molar-refractivity contribution in [2.24, 2.45) is 5.73 Å². The van der Waals surface area contributed by atoms with Crippen molar-refractivity contribution in [2.45, 2.75) is 18.9 Å². The molecule has 0 fully saturated rings. The third kappa shape index (κ3) is 4.48. The molecule has 1 unspecified atom stereocenters. The average Bonchev–Trinajstić information content (AvgIpc) is 2.32. The number of primary amides is 1. The summed E-state index contributed by atoms with van der Waals surface area (Å²) >= 11 is 0. The molecule has 0 saturated heterocycles. The first-order chi connectivity index (χ1) is 9.72. The third-order valence-electron chi connectivity index (χ3n) is 2.52. The lowest BCUT2D eigenvalue weighted by Crippen LogP contribution is -2.42. The number of benzene rings is 1. The van der Waals surface area contributed by atoms with Gasteiger partial charge in [-0.1, -0.05) is 0 Å². The summed E-state index contributed by atoms with van der Waals surface area (Å²) in [7, 11) is 0. The van der Waals surface area contributed by atoms with E-state index >= 15 is 0 Å². The number of hydrogen-bond acceptors (Lipinski definition) is 3. The van der Waals surface area contributed by atoms with E-state index in [2.05, 4.69) is 0 Å². The van der Waals surface area contributed by atoms with Crippen LogP contribution in [-0.2, 0) is 9.59 Å². The van der Waals surface area contributed by atoms with E-state index in [9.17, 15) is 27.6 Å². The van der Waals surface area contributed by atoms with Crippen LogP contribution in [0.15, 0.2) is 12.1 Å². The van der Waals surface area contributed by atoms with Crippen molar-refractivity contribution in [3.8, 4) is 0 Å². The van der Waals surface area contributed by atoms with Crippen molar-refractivity contribution in [1.29, 1.82) is 0 Å². The van der Waals surface area contributed by atoms with Crippen LogP contribution < -0.4 is 11.1 Å². The molecule has 0 bridgehead atoms. The SMILES string of the molecule is NC(=O)CCC(NC(=O)c1c(F)cc(F)cc1F)C(=O)O. The van der Waals surface area contributed by atoms with Gasteiger partial charge in [0.1, 0.15) is 29.1 Å². The lowest BCUT2D eigenvalue weighted by molar-refractivity contribution is -0.139. The summed E-state index contributed by atoms with van der Waals surface area (Å²) in [4.78, 5) is 33.1. The number of hydrogen-bond donors (Lipinski definition) is 3. The Labute approximate surface area is 116 Å². The summed E-state index contributed by atoms with van der Waals surface area (Å²) in [5.74, 6) is -7.83. The highest BCUT2D eigenvalue weighted by Gasteiger charge is 2.25. The lowest BCUT2D eigenvalue weighted by atomic mass is 10.1. The fourth-order valence-electron chi connectivity index (χ4n) is 1.53. The second kappa shape index (κ2) is 6.73. The van der Waals surface area contributed by atoms with E-state index in [0.29, 0.717) is 0 Å². The van der Waals surface area contributed by atoms with Crippen molar-refractivity contribution >= 4 is 17.8 Å². The molecule has 0 aliphatic heterocycles. The lowest BCUT2D eigenvalue weighted by Gasteiger charge is -2.14. The summed E-state index contributed by atoms with van der Waals surface area (Å²) in [6.45, 7) is 0. The minimum Gasteiger partial charge on any atom is -0.480 e. The Morgan fingerprint density at radius 3 is 2.14 bits per heavy atom. The number of carbonyl (C=O) groups excluding carboxylic acids is 2. The van der Waals surface area contributed by atoms with Crippen LogP contribution in [0.2, 0.25) is 0 Å². The molecule has 0 radical (unpaired) electrons. The van der Waals surface area contributed by atoms with Gasteiger partial charge in [-0.15, -0.1) is 0 Å². The van der Waals surface area contributed by atoms with E-state index in [0.717, 1.165) is 0 Å². The number of aliphatic carboxylic acids is 1. The molecule has 6 nitrogen and oxygen atoms in total. The normalized spacial score (nSPS) is 11.8. The zero-order chi connectivity index (χ0) is 16.2. The van der Waals surface area contributed by atoms with Gasteiger partial charge in [-0.05, 0) is 6.42 Å². The Kier molecular flexibility index (Phi) is 5.28. The van der Waals surface area contributed by atoms with Crippen LogP contribution in [0.3, 0.4) is 0 Å². The first kappa shape index (κ1) is 16.5. The number of nitrogens with two attached hydrogens (primary N) is 1. The van der Waals surface area contributed by atoms with Crippen LogP contribution in [0.4, 0.5) is 13.2 Å². The standard InChI is InChI=1S/C12H11F3N2O4/c13-5-3-6(14)10(7(15)4-5)11(19)17-8(12(20)21)1-2-9(16)18/h3-4,8H,1-2H2,(H2,16,18)(H,17,19)(H,20,21). The van der Waals surface area contributed by atoms with Crippen molar-refractivity contribution in [3.63, 3.8) is 0 Å². The smallest absolute Gasteiger partial charge is 0.326 e. The number of nitrogens with one attached hydrogen (secondary N) is 1. The molecule has 0 spiro atoms. The molecule has 0 aromatic heterocycles. The van der Waals surface area contributed by atoms with Gasteiger partial charge in [-0.3, -0.25) is 9.59 Å². The van der Waals surface area contributed by atoms with Crippen molar-refractivity contribution in [2.75, 3.05) is 0 Å². The average molecular weight is 304 g/mol. The first-order valence-corrected chi connectivity index (χ1v) is 5.69. The molecule has 114 valence electrons. The second-order valence-corrected chi connectivity index (χ2v) is 4.11. The van der Waals surface area contributed by atoms with Gasteiger partial charge in [-0.2, -0.15) is 0 Å². The van der Waals surface area contributed by atoms with Crippen LogP contribution >= 0.6 is 0 Å². The summed E-state index contributed by atoms with van der Waals surface area (Å²) < 4.78 is 39.4. The Balaban J connectivity index is 2.92. The van der Waals surface area contributed by atoms with E-state index < -0.39 is 46.8 Å². The molecule has 0 saturated carbocycles. The number of amides is 2. The molecule has 1 aromatic carbocycles. The number of halogens is 3. The minimum absolute atomic E-state index is 0.289. The van der Waals surface area contributed by atoms with E-state index in [1.807, 2.05) is 5.32 Å². The number of carboxylic acid groups (broad SMARTS) is 1. The van der Waals surface area contributed by atoms with Gasteiger partial charge >= 0.3 is 5.97 Å². The molecule has 4 N–H and O–H groups in total. The number of rotatable bonds is 6. The Bertz CT molecular complexity index is 569. The van der Waals surface area contributed by atoms with Crippen molar-refractivity contribution in [3.05, 3.63) is 35.1 Å². The van der Waals surface area contributed by atoms with Crippen LogP contribution in [-0.4, -0.2) is 28.9 Å². The Morgan fingerprint density at radius 1 is 1.19 bits per heavy atom. The highest BCUT2D eigenvalue weighted by atomic mass is 19.1. The maximum Gasteiger partial charge on any atom is 0.326 e. The Hall–Kier alpha value is -2.58. The molecule has 0 aliphatic rings. The van der Waals surface area contributed by atoms with Gasteiger partial charge in [0, 0.05) is 18.6 Å². The second-order valence-electron chi connectivity index (χ2n) is 4.11. The van der Waals surface area contributed by atoms with E-state index in [1.54, 1.807) is 0 Å². The Morgan fingerprint density at radius 2 is 1.71 bits per heavy atom. The van der Waals surface area contributed by atoms with Gasteiger partial charge in [0.2, 0.25) is 5.91 Å². The van der Waals surface area contributed by atoms with Gasteiger partial charge in [0.05, 0.1) is 0 Å². The van der Waals surface area contributed by atoms with Gasteiger partial charge in [0.25, 0.3) is 5.91 Å². The topological polar surface area (TPSA) is 109 Å². The van der Waals surface area contributed by atoms with Crippen LogP contribution in [0.1, 0.15) is 23.2 Å². The summed E-state index contributed by atoms with van der Waals surface area (Å²) in [6.07, 6.45) is -0.688. The van der Waals surface area contributed by atoms with Gasteiger partial charge < -0.3 is 16.2 Å². The fraction of sp³-hybridized carbons (Fsp3) is 0.250. The summed E-state index contributed by atoms with van der Waals surface area (Å²) in [5, 5.41) is 10.7. The molecular formula is C12H11F3N2O4. The minimum atomic E-state index is -1.56. The maximum absolute atomic E-state index is 13.4. The molecule has 1 aromatic rings. The number of carbonyl (C=O) groups is 3. The molecule has 1 rings (SSSR count). The van der Waals surface area contributed by atoms with E-state index in [-0.39, 0.29) is 25.0 Å². The maximum atomic E-state index is 13.4. The summed E-state index contributed by atoms with van der Waals surface area (Å²) in [6, 6.07) is -0.984. The highest BCUT2D eigenvalue weighted by Crippen LogP contribution is 2.15. The molecule has 2 amide bonds. The van der Waals surface area contributed by atoms with Crippen LogP contribution in [0.25, 0.3) is 0 Å². The van der Waals surface area contributed by atoms with E-state index in [1.165, 1.54) is 0 Å². The van der Waals surface area contributed by atoms with Crippen LogP contribution in [0, 0.1) is 17.5 Å². The molecule has 0 aliphatic carbocycles. The van der Waals surface area contributed by atoms with Gasteiger partial charge in [0.15, 0.2) is 0 Å². The predicted molar refractivity (Wildman–Crippen MR) is 63.6 cm³/mol. The van der Waals surface area contributed by atoms with Gasteiger partial charge in [-0.25, -0.2) is 18.0 Å². The van der Waals surface area contributed by atoms with Crippen molar-refractivity contribution < 1.29 is 32.7 Å². The van der Waals surface area contributed by atoms with Crippen molar-refractivity contribution in [1.82, 2.24) is 5.32 Å². The van der Waals surface area contributed by atoms with Crippen LogP contribution in [0.5, 0.6) is 0 Å². The predicted octanol–water partition coefficient (Wildman–Crippen LogP) is 0.552. The summed E-state index contributed by atoms with van der Waals surface area (Å²) in [5.41, 5.74) is 3.73. The zero-order valence-electron chi connectivity index (χ0n) is 10.5. The monoisotopic (exact) mass is 304 g/mol. The molecule has 21 heavy (non-hydrogen) atoms. The largest absolute Gasteiger partial charge is 0.480 e. The molecular weight excluding hydrogens is 293 g/mol. The first-order valence-electron chi connectivity index (χ1n) is 5.69. The fourth-order valence-corrected chi connectivity index (χ4v) is 1.53. The highest BCUT2D eigenvalue weighted by molar-refractivity contribution is 5.97. The zero-order valence-corrected chi connectivity index (χ0v) is 10.5. The molecule has 0 heterocycles.